The zero-order chi connectivity index (χ0) is 24.9. The number of carbonyl (C=O) groups is 3. The number of ether oxygens (including phenoxy) is 3. The fraction of sp³-hybridized carbons (Fsp3) is 0.348. The van der Waals surface area contributed by atoms with Crippen LogP contribution in [-0.4, -0.2) is 65.0 Å². The van der Waals surface area contributed by atoms with Crippen LogP contribution < -0.4 is 10.1 Å². The molecule has 1 heterocycles. The number of hydrogen-bond acceptors (Lipinski definition) is 8. The molecule has 1 aliphatic heterocycles. The Morgan fingerprint density at radius 3 is 2.26 bits per heavy atom. The maximum Gasteiger partial charge on any atom is 0.339 e. The van der Waals surface area contributed by atoms with Crippen molar-refractivity contribution in [3.8, 4) is 5.75 Å². The molecule has 2 aromatic rings. The molecular formula is C23H26N2O8S. The Hall–Kier alpha value is -3.44. The first-order valence-corrected chi connectivity index (χ1v) is 11.9. The summed E-state index contributed by atoms with van der Waals surface area (Å²) in [5.41, 5.74) is 0.273. The SMILES string of the molecule is COC(=O)c1ccc(C(=O)OC)c(NC(=O)[C@@H]2CCCN(S(=O)(=O)c3ccc(OC)cc3)C2)c1. The van der Waals surface area contributed by atoms with Crippen molar-refractivity contribution < 1.29 is 37.0 Å². The lowest BCUT2D eigenvalue weighted by molar-refractivity contribution is -0.120. The first kappa shape index (κ1) is 25.2. The van der Waals surface area contributed by atoms with Crippen molar-refractivity contribution in [3.05, 3.63) is 53.6 Å². The summed E-state index contributed by atoms with van der Waals surface area (Å²) in [4.78, 5) is 37.2. The zero-order valence-corrected chi connectivity index (χ0v) is 19.9. The van der Waals surface area contributed by atoms with Gasteiger partial charge in [-0.2, -0.15) is 4.31 Å². The van der Waals surface area contributed by atoms with Crippen LogP contribution in [0.4, 0.5) is 5.69 Å². The number of benzene rings is 2. The molecule has 0 unspecified atom stereocenters. The minimum atomic E-state index is -3.81. The van der Waals surface area contributed by atoms with E-state index in [1.807, 2.05) is 0 Å². The highest BCUT2D eigenvalue weighted by Gasteiger charge is 2.34. The Balaban J connectivity index is 1.81. The molecule has 0 saturated carbocycles. The van der Waals surface area contributed by atoms with E-state index in [1.165, 1.54) is 56.0 Å². The number of piperidine rings is 1. The van der Waals surface area contributed by atoms with Crippen LogP contribution in [0.1, 0.15) is 33.6 Å². The molecule has 0 bridgehead atoms. The summed E-state index contributed by atoms with van der Waals surface area (Å²) in [7, 11) is 0.0957. The topological polar surface area (TPSA) is 128 Å². The molecule has 1 fully saturated rings. The molecule has 1 aliphatic rings. The number of carbonyl (C=O) groups excluding carboxylic acids is 3. The second-order valence-electron chi connectivity index (χ2n) is 7.61. The smallest absolute Gasteiger partial charge is 0.339 e. The van der Waals surface area contributed by atoms with Crippen LogP contribution in [-0.2, 0) is 24.3 Å². The van der Waals surface area contributed by atoms with Crippen molar-refractivity contribution in [1.82, 2.24) is 4.31 Å². The highest BCUT2D eigenvalue weighted by atomic mass is 32.2. The van der Waals surface area contributed by atoms with Gasteiger partial charge in [0.25, 0.3) is 0 Å². The molecule has 1 amide bonds. The average Bonchev–Trinajstić information content (AvgIpc) is 2.87. The molecule has 182 valence electrons. The minimum Gasteiger partial charge on any atom is -0.497 e. The second kappa shape index (κ2) is 10.7. The standard InChI is InChI=1S/C23H26N2O8S/c1-31-17-7-9-18(10-8-17)34(29,30)25-12-4-5-16(14-25)21(26)24-20-13-15(22(27)32-2)6-11-19(20)23(28)33-3/h6-11,13,16H,4-5,12,14H2,1-3H3,(H,24,26)/t16-/m1/s1. The zero-order valence-electron chi connectivity index (χ0n) is 19.1. The molecule has 11 heteroatoms. The Bertz CT molecular complexity index is 1180. The first-order valence-electron chi connectivity index (χ1n) is 10.5. The highest BCUT2D eigenvalue weighted by molar-refractivity contribution is 7.89. The number of hydrogen-bond donors (Lipinski definition) is 1. The van der Waals surface area contributed by atoms with Gasteiger partial charge in [-0.25, -0.2) is 18.0 Å². The molecule has 34 heavy (non-hydrogen) atoms. The van der Waals surface area contributed by atoms with Gasteiger partial charge in [0.15, 0.2) is 0 Å². The third kappa shape index (κ3) is 5.37. The molecule has 0 aromatic heterocycles. The van der Waals surface area contributed by atoms with Gasteiger partial charge in [-0.1, -0.05) is 0 Å². The van der Waals surface area contributed by atoms with Crippen LogP contribution >= 0.6 is 0 Å². The lowest BCUT2D eigenvalue weighted by Gasteiger charge is -2.31. The molecule has 1 saturated heterocycles. The lowest BCUT2D eigenvalue weighted by atomic mass is 9.98. The Labute approximate surface area is 197 Å². The van der Waals surface area contributed by atoms with Gasteiger partial charge in [0.05, 0.1) is 49.0 Å². The van der Waals surface area contributed by atoms with Crippen molar-refractivity contribution >= 4 is 33.6 Å². The van der Waals surface area contributed by atoms with Gasteiger partial charge in [0, 0.05) is 13.1 Å². The third-order valence-electron chi connectivity index (χ3n) is 5.56. The molecule has 10 nitrogen and oxygen atoms in total. The molecule has 0 aliphatic carbocycles. The van der Waals surface area contributed by atoms with Crippen molar-refractivity contribution in [2.45, 2.75) is 17.7 Å². The highest BCUT2D eigenvalue weighted by Crippen LogP contribution is 2.27. The van der Waals surface area contributed by atoms with Gasteiger partial charge in [-0.05, 0) is 55.3 Å². The van der Waals surface area contributed by atoms with Crippen LogP contribution in [0.3, 0.4) is 0 Å². The predicted octanol–water partition coefficient (Wildman–Crippen LogP) is 2.31. The summed E-state index contributed by atoms with van der Waals surface area (Å²) in [6.07, 6.45) is 0.949. The number of methoxy groups -OCH3 is 3. The second-order valence-corrected chi connectivity index (χ2v) is 9.55. The van der Waals surface area contributed by atoms with Crippen molar-refractivity contribution in [1.29, 1.82) is 0 Å². The average molecular weight is 491 g/mol. The molecule has 1 N–H and O–H groups in total. The van der Waals surface area contributed by atoms with Crippen molar-refractivity contribution in [3.63, 3.8) is 0 Å². The number of sulfonamides is 1. The fourth-order valence-corrected chi connectivity index (χ4v) is 5.21. The van der Waals surface area contributed by atoms with Gasteiger partial charge in [-0.15, -0.1) is 0 Å². The normalized spacial score (nSPS) is 16.4. The monoisotopic (exact) mass is 490 g/mol. The van der Waals surface area contributed by atoms with E-state index in [-0.39, 0.29) is 34.8 Å². The molecule has 1 atom stereocenters. The maximum atomic E-state index is 13.1. The largest absolute Gasteiger partial charge is 0.497 e. The van der Waals surface area contributed by atoms with E-state index >= 15 is 0 Å². The summed E-state index contributed by atoms with van der Waals surface area (Å²) in [5.74, 6) is -1.93. The molecule has 0 radical (unpaired) electrons. The number of amides is 1. The Kier molecular flexibility index (Phi) is 7.90. The molecule has 0 spiro atoms. The van der Waals surface area contributed by atoms with E-state index in [0.29, 0.717) is 18.6 Å². The quantitative estimate of drug-likeness (QED) is 0.586. The molecular weight excluding hydrogens is 464 g/mol. The van der Waals surface area contributed by atoms with Gasteiger partial charge in [-0.3, -0.25) is 4.79 Å². The maximum absolute atomic E-state index is 13.1. The summed E-state index contributed by atoms with van der Waals surface area (Å²) < 4.78 is 42.0. The summed E-state index contributed by atoms with van der Waals surface area (Å²) >= 11 is 0. The van der Waals surface area contributed by atoms with Gasteiger partial charge in [0.1, 0.15) is 5.75 Å². The summed E-state index contributed by atoms with van der Waals surface area (Å²) in [6, 6.07) is 10.1. The van der Waals surface area contributed by atoms with E-state index < -0.39 is 33.8 Å². The number of nitrogens with one attached hydrogen (secondary N) is 1. The van der Waals surface area contributed by atoms with Crippen LogP contribution in [0.25, 0.3) is 0 Å². The Morgan fingerprint density at radius 1 is 0.971 bits per heavy atom. The fourth-order valence-electron chi connectivity index (χ4n) is 3.69. The predicted molar refractivity (Wildman–Crippen MR) is 122 cm³/mol. The number of rotatable bonds is 7. The van der Waals surface area contributed by atoms with Crippen molar-refractivity contribution in [2.24, 2.45) is 5.92 Å². The lowest BCUT2D eigenvalue weighted by Crippen LogP contribution is -2.43. The number of anilines is 1. The van der Waals surface area contributed by atoms with E-state index in [0.717, 1.165) is 0 Å². The van der Waals surface area contributed by atoms with Gasteiger partial charge >= 0.3 is 11.9 Å². The van der Waals surface area contributed by atoms with Gasteiger partial charge < -0.3 is 19.5 Å². The molecule has 2 aromatic carbocycles. The van der Waals surface area contributed by atoms with E-state index in [9.17, 15) is 22.8 Å². The number of nitrogens with zero attached hydrogens (tertiary/aromatic N) is 1. The van der Waals surface area contributed by atoms with Crippen LogP contribution in [0.5, 0.6) is 5.75 Å². The van der Waals surface area contributed by atoms with Crippen LogP contribution in [0, 0.1) is 5.92 Å². The van der Waals surface area contributed by atoms with Gasteiger partial charge in [0.2, 0.25) is 15.9 Å². The minimum absolute atomic E-state index is 0.0234. The third-order valence-corrected chi connectivity index (χ3v) is 7.44. The van der Waals surface area contributed by atoms with Crippen LogP contribution in [0.15, 0.2) is 47.4 Å². The van der Waals surface area contributed by atoms with Crippen LogP contribution in [0.2, 0.25) is 0 Å². The van der Waals surface area contributed by atoms with E-state index in [2.05, 4.69) is 5.32 Å². The Morgan fingerprint density at radius 2 is 1.65 bits per heavy atom. The van der Waals surface area contributed by atoms with Crippen molar-refractivity contribution in [2.75, 3.05) is 39.7 Å². The van der Waals surface area contributed by atoms with E-state index in [4.69, 9.17) is 14.2 Å². The summed E-state index contributed by atoms with van der Waals surface area (Å²) in [5, 5.41) is 2.66. The summed E-state index contributed by atoms with van der Waals surface area (Å²) in [6.45, 7) is 0.258. The number of esters is 2. The van der Waals surface area contributed by atoms with E-state index in [1.54, 1.807) is 12.1 Å². The molecule has 3 rings (SSSR count). The first-order chi connectivity index (χ1) is 16.2.